The molecule has 0 bridgehead atoms. The zero-order valence-electron chi connectivity index (χ0n) is 9.56. The second-order valence-corrected chi connectivity index (χ2v) is 5.89. The summed E-state index contributed by atoms with van der Waals surface area (Å²) < 4.78 is 2.15. The smallest absolute Gasteiger partial charge is 0.273 e. The second kappa shape index (κ2) is 4.58. The van der Waals surface area contributed by atoms with Crippen molar-refractivity contribution in [2.75, 3.05) is 0 Å². The van der Waals surface area contributed by atoms with Crippen molar-refractivity contribution in [3.8, 4) is 0 Å². The molecule has 1 heterocycles. The summed E-state index contributed by atoms with van der Waals surface area (Å²) in [5.41, 5.74) is 1.57. The molecular formula is C14H7Br2NO2. The highest BCUT2D eigenvalue weighted by Gasteiger charge is 2.37. The van der Waals surface area contributed by atoms with Gasteiger partial charge in [0, 0.05) is 4.47 Å². The van der Waals surface area contributed by atoms with Crippen molar-refractivity contribution in [1.82, 2.24) is 0 Å². The highest BCUT2D eigenvalue weighted by atomic mass is 79.9. The average Bonchev–Trinajstić information content (AvgIpc) is 2.63. The third-order valence-electron chi connectivity index (χ3n) is 2.95. The summed E-state index contributed by atoms with van der Waals surface area (Å²) in [7, 11) is 0. The van der Waals surface area contributed by atoms with E-state index in [1.54, 1.807) is 36.4 Å². The van der Waals surface area contributed by atoms with Gasteiger partial charge in [0.15, 0.2) is 0 Å². The Kier molecular flexibility index (Phi) is 3.03. The lowest BCUT2D eigenvalue weighted by Gasteiger charge is -2.03. The minimum absolute atomic E-state index is 0.156. The van der Waals surface area contributed by atoms with Crippen molar-refractivity contribution in [2.45, 2.75) is 0 Å². The number of hydrogen-bond acceptors (Lipinski definition) is 2. The van der Waals surface area contributed by atoms with Crippen LogP contribution in [0.2, 0.25) is 0 Å². The number of ketones is 1. The number of benzene rings is 2. The van der Waals surface area contributed by atoms with Crippen LogP contribution in [0.5, 0.6) is 0 Å². The molecule has 0 spiro atoms. The molecule has 0 fully saturated rings. The van der Waals surface area contributed by atoms with Crippen LogP contribution in [0, 0.1) is 5.21 Å². The molecule has 1 aliphatic rings. The van der Waals surface area contributed by atoms with Crippen molar-refractivity contribution in [3.63, 3.8) is 0 Å². The van der Waals surface area contributed by atoms with Gasteiger partial charge in [-0.05, 0) is 46.3 Å². The fraction of sp³-hybridized carbons (Fsp3) is 0. The predicted octanol–water partition coefficient (Wildman–Crippen LogP) is 4.04. The zero-order valence-corrected chi connectivity index (χ0v) is 12.7. The Balaban J connectivity index is 2.25. The van der Waals surface area contributed by atoms with Crippen molar-refractivity contribution < 1.29 is 9.53 Å². The Morgan fingerprint density at radius 2 is 1.79 bits per heavy atom. The van der Waals surface area contributed by atoms with E-state index in [0.717, 1.165) is 4.47 Å². The van der Waals surface area contributed by atoms with Gasteiger partial charge in [-0.3, -0.25) is 4.79 Å². The number of carbonyl (C=O) groups excluding carboxylic acids is 1. The summed E-state index contributed by atoms with van der Waals surface area (Å²) in [6, 6.07) is 12.3. The number of rotatable bonds is 1. The van der Waals surface area contributed by atoms with Gasteiger partial charge < -0.3 is 5.21 Å². The van der Waals surface area contributed by atoms with E-state index in [2.05, 4.69) is 31.9 Å². The van der Waals surface area contributed by atoms with Gasteiger partial charge in [0.25, 0.3) is 11.5 Å². The molecule has 0 aromatic heterocycles. The topological polar surface area (TPSA) is 43.1 Å². The first-order valence-electron chi connectivity index (χ1n) is 5.53. The molecule has 1 aliphatic heterocycles. The van der Waals surface area contributed by atoms with Crippen LogP contribution < -0.4 is 0 Å². The molecular weight excluding hydrogens is 374 g/mol. The highest BCUT2D eigenvalue weighted by Crippen LogP contribution is 2.35. The monoisotopic (exact) mass is 379 g/mol. The molecule has 2 aromatic carbocycles. The minimum Gasteiger partial charge on any atom is -0.618 e. The van der Waals surface area contributed by atoms with Crippen molar-refractivity contribution in [1.29, 1.82) is 0 Å². The molecule has 0 aliphatic carbocycles. The van der Waals surface area contributed by atoms with Crippen LogP contribution in [0.15, 0.2) is 51.4 Å². The van der Waals surface area contributed by atoms with E-state index < -0.39 is 0 Å². The second-order valence-electron chi connectivity index (χ2n) is 4.12. The van der Waals surface area contributed by atoms with Gasteiger partial charge in [-0.25, -0.2) is 0 Å². The molecule has 5 heteroatoms. The average molecular weight is 381 g/mol. The summed E-state index contributed by atoms with van der Waals surface area (Å²) in [5, 5.41) is 12.4. The molecule has 94 valence electrons. The molecule has 3 nitrogen and oxygen atoms in total. The molecule has 0 saturated heterocycles. The number of hydrogen-bond donors (Lipinski definition) is 0. The molecule has 2 aromatic rings. The quantitative estimate of drug-likeness (QED) is 0.553. The molecule has 3 rings (SSSR count). The minimum atomic E-state index is -0.246. The van der Waals surface area contributed by atoms with E-state index in [1.807, 2.05) is 6.07 Å². The number of fused-ring (bicyclic) bond motifs is 1. The van der Waals surface area contributed by atoms with Crippen LogP contribution in [-0.2, 0) is 0 Å². The Labute approximate surface area is 126 Å². The van der Waals surface area contributed by atoms with E-state index in [-0.39, 0.29) is 11.5 Å². The van der Waals surface area contributed by atoms with Gasteiger partial charge in [0.2, 0.25) is 5.69 Å². The van der Waals surface area contributed by atoms with Crippen LogP contribution in [0.4, 0.5) is 5.69 Å². The first-order chi connectivity index (χ1) is 9.09. The van der Waals surface area contributed by atoms with Gasteiger partial charge in [0.05, 0.1) is 10.0 Å². The zero-order chi connectivity index (χ0) is 13.6. The van der Waals surface area contributed by atoms with Crippen LogP contribution in [0.25, 0.3) is 0 Å². The van der Waals surface area contributed by atoms with E-state index in [9.17, 15) is 10.0 Å². The third kappa shape index (κ3) is 1.93. The summed E-state index contributed by atoms with van der Waals surface area (Å²) in [4.78, 5) is 12.4. The fourth-order valence-electron chi connectivity index (χ4n) is 2.12. The van der Waals surface area contributed by atoms with E-state index in [0.29, 0.717) is 26.0 Å². The van der Waals surface area contributed by atoms with Crippen LogP contribution in [0.3, 0.4) is 0 Å². The molecule has 19 heavy (non-hydrogen) atoms. The molecule has 0 amide bonds. The van der Waals surface area contributed by atoms with Crippen molar-refractivity contribution in [2.24, 2.45) is 0 Å². The first kappa shape index (κ1) is 12.6. The number of nitrogens with zero attached hydrogens (tertiary/aromatic N) is 1. The standard InChI is InChI=1S/C14H7Br2NO2/c15-9-4-1-3-8(7-9)12-14(18)10-5-2-6-11(16)13(10)17(12)19/h1-7H. The van der Waals surface area contributed by atoms with E-state index in [4.69, 9.17) is 0 Å². The van der Waals surface area contributed by atoms with Gasteiger partial charge in [-0.1, -0.05) is 28.1 Å². The lowest BCUT2D eigenvalue weighted by molar-refractivity contribution is -0.356. The Hall–Kier alpha value is -1.46. The Bertz CT molecular complexity index is 738. The molecule has 0 N–H and O–H groups in total. The van der Waals surface area contributed by atoms with Crippen LogP contribution in [0.1, 0.15) is 15.9 Å². The van der Waals surface area contributed by atoms with Gasteiger partial charge >= 0.3 is 0 Å². The number of para-hydroxylation sites is 1. The van der Waals surface area contributed by atoms with Gasteiger partial charge in [-0.15, -0.1) is 0 Å². The lowest BCUT2D eigenvalue weighted by Crippen LogP contribution is -2.16. The lowest BCUT2D eigenvalue weighted by atomic mass is 10.0. The maximum atomic E-state index is 12.4. The SMILES string of the molecule is O=C1C(c2cccc(Br)c2)=[N+]([O-])c2c(Br)cccc21. The molecule has 0 atom stereocenters. The highest BCUT2D eigenvalue weighted by molar-refractivity contribution is 9.10. The van der Waals surface area contributed by atoms with Crippen molar-refractivity contribution >= 4 is 49.0 Å². The van der Waals surface area contributed by atoms with E-state index in [1.165, 1.54) is 0 Å². The Morgan fingerprint density at radius 1 is 1.05 bits per heavy atom. The summed E-state index contributed by atoms with van der Waals surface area (Å²) in [6.07, 6.45) is 0. The summed E-state index contributed by atoms with van der Waals surface area (Å²) in [6.45, 7) is 0. The largest absolute Gasteiger partial charge is 0.618 e. The predicted molar refractivity (Wildman–Crippen MR) is 80.0 cm³/mol. The van der Waals surface area contributed by atoms with Gasteiger partial charge in [0.1, 0.15) is 5.56 Å². The first-order valence-corrected chi connectivity index (χ1v) is 7.11. The molecule has 0 saturated carbocycles. The van der Waals surface area contributed by atoms with E-state index >= 15 is 0 Å². The third-order valence-corrected chi connectivity index (χ3v) is 4.08. The maximum Gasteiger partial charge on any atom is 0.273 e. The van der Waals surface area contributed by atoms with Gasteiger partial charge in [-0.2, -0.15) is 4.74 Å². The van der Waals surface area contributed by atoms with Crippen LogP contribution in [-0.4, -0.2) is 16.2 Å². The molecule has 0 unspecified atom stereocenters. The number of carbonyl (C=O) groups is 1. The Morgan fingerprint density at radius 3 is 2.47 bits per heavy atom. The maximum absolute atomic E-state index is 12.4. The normalized spacial score (nSPS) is 13.9. The fourth-order valence-corrected chi connectivity index (χ4v) is 3.05. The summed E-state index contributed by atoms with van der Waals surface area (Å²) in [5.74, 6) is -0.246. The van der Waals surface area contributed by atoms with Crippen LogP contribution >= 0.6 is 31.9 Å². The number of Topliss-reactive ketones (excluding diaryl/α,β-unsaturated/α-hetero) is 1. The molecule has 0 radical (unpaired) electrons. The van der Waals surface area contributed by atoms with Crippen molar-refractivity contribution in [3.05, 3.63) is 67.7 Å². The summed E-state index contributed by atoms with van der Waals surface area (Å²) >= 11 is 6.66. The number of halogens is 2.